The first-order valence-corrected chi connectivity index (χ1v) is 14.0. The smallest absolute Gasteiger partial charge is 0.246 e. The van der Waals surface area contributed by atoms with Gasteiger partial charge in [0.25, 0.3) is 0 Å². The summed E-state index contributed by atoms with van der Waals surface area (Å²) in [5, 5.41) is 16.2. The van der Waals surface area contributed by atoms with Gasteiger partial charge in [0.15, 0.2) is 0 Å². The molecule has 2 heterocycles. The number of rotatable bonds is 8. The summed E-state index contributed by atoms with van der Waals surface area (Å²) in [5.74, 6) is -2.82. The van der Waals surface area contributed by atoms with Crippen LogP contribution in [0.25, 0.3) is 10.4 Å². The third-order valence-electron chi connectivity index (χ3n) is 7.53. The van der Waals surface area contributed by atoms with Gasteiger partial charge in [0.05, 0.1) is 40.1 Å². The van der Waals surface area contributed by atoms with Crippen LogP contribution in [-0.4, -0.2) is 63.4 Å². The number of primary amides is 1. The number of aliphatic hydroxyl groups excluding tert-OH is 1. The number of aryl methyl sites for hydroxylation is 1. The van der Waals surface area contributed by atoms with Crippen LogP contribution in [0.4, 0.5) is 0 Å². The molecule has 4 amide bonds. The number of amides is 4. The monoisotopic (exact) mass is 555 g/mol. The number of thiazole rings is 1. The fraction of sp³-hybridized carbons (Fsp3) is 0.536. The van der Waals surface area contributed by atoms with Crippen molar-refractivity contribution in [1.29, 1.82) is 0 Å². The molecule has 10 nitrogen and oxygen atoms in total. The molecule has 5 N–H and O–H groups in total. The number of hydrogen-bond acceptors (Lipinski definition) is 7. The maximum absolute atomic E-state index is 13.7. The molecule has 11 heteroatoms. The number of likely N-dealkylation sites (tertiary alicyclic amines) is 1. The Hall–Kier alpha value is -3.31. The lowest BCUT2D eigenvalue weighted by Crippen LogP contribution is -2.58. The molecular weight excluding hydrogens is 518 g/mol. The zero-order valence-electron chi connectivity index (χ0n) is 22.9. The Morgan fingerprint density at radius 1 is 1.08 bits per heavy atom. The van der Waals surface area contributed by atoms with Gasteiger partial charge in [0.2, 0.25) is 23.6 Å². The van der Waals surface area contributed by atoms with Gasteiger partial charge < -0.3 is 26.4 Å². The SMILES string of the molecule is Cc1ncsc1-c1ccc([C@H](C)NC(=O)[C@@H]2C[C@@H](O)CN2C(=O)[C@@H](NC(=O)C2CC2C(N)=O)C(C)(C)C)cc1. The van der Waals surface area contributed by atoms with Gasteiger partial charge in [-0.25, -0.2) is 4.98 Å². The van der Waals surface area contributed by atoms with Crippen molar-refractivity contribution in [2.24, 2.45) is 23.0 Å². The van der Waals surface area contributed by atoms with E-state index in [0.29, 0.717) is 6.42 Å². The fourth-order valence-electron chi connectivity index (χ4n) is 5.06. The first-order chi connectivity index (χ1) is 18.3. The molecule has 1 aliphatic carbocycles. The van der Waals surface area contributed by atoms with Crippen molar-refractivity contribution in [2.45, 2.75) is 71.7 Å². The van der Waals surface area contributed by atoms with Crippen LogP contribution in [0.1, 0.15) is 57.8 Å². The highest BCUT2D eigenvalue weighted by molar-refractivity contribution is 7.13. The first kappa shape index (κ1) is 28.7. The number of hydrogen-bond donors (Lipinski definition) is 4. The molecule has 2 aromatic rings. The molecule has 0 bridgehead atoms. The predicted molar refractivity (Wildman–Crippen MR) is 147 cm³/mol. The number of aliphatic hydroxyl groups is 1. The van der Waals surface area contributed by atoms with Gasteiger partial charge in [-0.3, -0.25) is 19.2 Å². The zero-order chi connectivity index (χ0) is 28.6. The van der Waals surface area contributed by atoms with E-state index in [9.17, 15) is 24.3 Å². The number of nitrogens with one attached hydrogen (secondary N) is 2. The largest absolute Gasteiger partial charge is 0.391 e. The molecule has 1 aromatic heterocycles. The van der Waals surface area contributed by atoms with Crippen LogP contribution < -0.4 is 16.4 Å². The third-order valence-corrected chi connectivity index (χ3v) is 8.51. The van der Waals surface area contributed by atoms with Crippen molar-refractivity contribution >= 4 is 35.0 Å². The average molecular weight is 556 g/mol. The van der Waals surface area contributed by atoms with Gasteiger partial charge in [-0.15, -0.1) is 11.3 Å². The van der Waals surface area contributed by atoms with E-state index in [1.165, 1.54) is 4.90 Å². The van der Waals surface area contributed by atoms with Gasteiger partial charge >= 0.3 is 0 Å². The van der Waals surface area contributed by atoms with Gasteiger partial charge in [-0.1, -0.05) is 45.0 Å². The van der Waals surface area contributed by atoms with Crippen molar-refractivity contribution in [1.82, 2.24) is 20.5 Å². The number of β-amino-alcohol motifs (C(OH)–C–C–N with tert-alkyl or cyclic N) is 1. The maximum atomic E-state index is 13.7. The highest BCUT2D eigenvalue weighted by atomic mass is 32.1. The molecule has 0 spiro atoms. The van der Waals surface area contributed by atoms with Crippen LogP contribution in [-0.2, 0) is 19.2 Å². The Labute approximate surface area is 232 Å². The molecular formula is C28H37N5O5S. The molecule has 1 aliphatic heterocycles. The highest BCUT2D eigenvalue weighted by Crippen LogP contribution is 2.39. The van der Waals surface area contributed by atoms with Crippen LogP contribution in [0.5, 0.6) is 0 Å². The van der Waals surface area contributed by atoms with Gasteiger partial charge in [-0.2, -0.15) is 0 Å². The van der Waals surface area contributed by atoms with E-state index in [1.807, 2.05) is 64.4 Å². The summed E-state index contributed by atoms with van der Waals surface area (Å²) >= 11 is 1.57. The second kappa shape index (κ2) is 11.1. The summed E-state index contributed by atoms with van der Waals surface area (Å²) in [6, 6.07) is 5.74. The summed E-state index contributed by atoms with van der Waals surface area (Å²) in [6.45, 7) is 9.26. The molecule has 0 radical (unpaired) electrons. The minimum Gasteiger partial charge on any atom is -0.391 e. The summed E-state index contributed by atoms with van der Waals surface area (Å²) in [6.07, 6.45) is -0.395. The van der Waals surface area contributed by atoms with Crippen molar-refractivity contribution < 1.29 is 24.3 Å². The Morgan fingerprint density at radius 2 is 1.74 bits per heavy atom. The average Bonchev–Trinajstić information content (AvgIpc) is 3.42. The number of nitrogens with zero attached hydrogens (tertiary/aromatic N) is 2. The molecule has 6 atom stereocenters. The normalized spacial score (nSPS) is 24.1. The van der Waals surface area contributed by atoms with E-state index in [0.717, 1.165) is 21.7 Å². The Kier molecular flexibility index (Phi) is 8.13. The molecule has 2 fully saturated rings. The highest BCUT2D eigenvalue weighted by Gasteiger charge is 2.50. The fourth-order valence-corrected chi connectivity index (χ4v) is 5.88. The summed E-state index contributed by atoms with van der Waals surface area (Å²) in [4.78, 5) is 58.0. The summed E-state index contributed by atoms with van der Waals surface area (Å²) < 4.78 is 0. The van der Waals surface area contributed by atoms with Crippen molar-refractivity contribution in [3.63, 3.8) is 0 Å². The van der Waals surface area contributed by atoms with Crippen molar-refractivity contribution in [2.75, 3.05) is 6.54 Å². The lowest BCUT2D eigenvalue weighted by Gasteiger charge is -2.35. The van der Waals surface area contributed by atoms with E-state index in [4.69, 9.17) is 5.73 Å². The first-order valence-electron chi connectivity index (χ1n) is 13.2. The molecule has 2 unspecified atom stereocenters. The molecule has 39 heavy (non-hydrogen) atoms. The number of carbonyl (C=O) groups is 4. The van der Waals surface area contributed by atoms with Gasteiger partial charge in [0, 0.05) is 13.0 Å². The van der Waals surface area contributed by atoms with Crippen LogP contribution in [0.2, 0.25) is 0 Å². The molecule has 1 saturated heterocycles. The topological polar surface area (TPSA) is 155 Å². The van der Waals surface area contributed by atoms with Crippen LogP contribution in [0.15, 0.2) is 29.8 Å². The Bertz CT molecular complexity index is 1250. The molecule has 4 rings (SSSR count). The maximum Gasteiger partial charge on any atom is 0.246 e. The van der Waals surface area contributed by atoms with Crippen LogP contribution >= 0.6 is 11.3 Å². The van der Waals surface area contributed by atoms with Gasteiger partial charge in [-0.05, 0) is 36.8 Å². The molecule has 1 aromatic carbocycles. The van der Waals surface area contributed by atoms with Crippen molar-refractivity contribution in [3.05, 3.63) is 41.0 Å². The minimum absolute atomic E-state index is 0.00993. The summed E-state index contributed by atoms with van der Waals surface area (Å²) in [7, 11) is 0. The van der Waals surface area contributed by atoms with Gasteiger partial charge in [0.1, 0.15) is 12.1 Å². The zero-order valence-corrected chi connectivity index (χ0v) is 23.7. The van der Waals surface area contributed by atoms with E-state index in [2.05, 4.69) is 15.6 Å². The Morgan fingerprint density at radius 3 is 2.28 bits per heavy atom. The third kappa shape index (κ3) is 6.30. The van der Waals surface area contributed by atoms with E-state index < -0.39 is 53.2 Å². The second-order valence-electron chi connectivity index (χ2n) is 11.7. The molecule has 2 aliphatic rings. The van der Waals surface area contributed by atoms with E-state index >= 15 is 0 Å². The predicted octanol–water partition coefficient (Wildman–Crippen LogP) is 1.91. The lowest BCUT2D eigenvalue weighted by atomic mass is 9.85. The molecule has 1 saturated carbocycles. The van der Waals surface area contributed by atoms with E-state index in [-0.39, 0.29) is 24.9 Å². The lowest BCUT2D eigenvalue weighted by molar-refractivity contribution is -0.144. The van der Waals surface area contributed by atoms with Crippen LogP contribution in [0, 0.1) is 24.2 Å². The quantitative estimate of drug-likeness (QED) is 0.390. The number of carbonyl (C=O) groups excluding carboxylic acids is 4. The van der Waals surface area contributed by atoms with E-state index in [1.54, 1.807) is 11.3 Å². The van der Waals surface area contributed by atoms with Crippen molar-refractivity contribution in [3.8, 4) is 10.4 Å². The number of nitrogens with two attached hydrogens (primary N) is 1. The summed E-state index contributed by atoms with van der Waals surface area (Å²) in [5.41, 5.74) is 9.37. The van der Waals surface area contributed by atoms with Crippen LogP contribution in [0.3, 0.4) is 0 Å². The number of benzene rings is 1. The molecule has 210 valence electrons. The second-order valence-corrected chi connectivity index (χ2v) is 12.5. The minimum atomic E-state index is -0.945. The Balaban J connectivity index is 1.44. The standard InChI is InChI=1S/C28H37N5O5S/c1-14(16-6-8-17(9-7-16)22-15(2)30-13-39-22)31-26(37)21-10-18(34)12-33(21)27(38)23(28(3,4)5)32-25(36)20-11-19(20)24(29)35/h6-9,13-14,18-21,23,34H,10-12H2,1-5H3,(H2,29,35)(H,31,37)(H,32,36)/t14-,18+,19?,20?,21-,23+/m0/s1. The number of aromatic nitrogens is 1.